The summed E-state index contributed by atoms with van der Waals surface area (Å²) in [5, 5.41) is 5.53. The first-order chi connectivity index (χ1) is 13.7. The molecular weight excluding hydrogens is 384 g/mol. The van der Waals surface area contributed by atoms with E-state index in [0.29, 0.717) is 11.6 Å². The number of hydrogen-bond donors (Lipinski definition) is 0. The Morgan fingerprint density at radius 2 is 1.86 bits per heavy atom. The minimum atomic E-state index is -0.436. The molecule has 2 aliphatic heterocycles. The zero-order valence-corrected chi connectivity index (χ0v) is 18.2. The van der Waals surface area contributed by atoms with Gasteiger partial charge in [0.15, 0.2) is 0 Å². The van der Waals surface area contributed by atoms with Gasteiger partial charge in [-0.05, 0) is 45.9 Å². The predicted octanol–water partition coefficient (Wildman–Crippen LogP) is 5.63. The Morgan fingerprint density at radius 3 is 2.62 bits per heavy atom. The van der Waals surface area contributed by atoms with Crippen LogP contribution in [0.2, 0.25) is 5.02 Å². The van der Waals surface area contributed by atoms with Gasteiger partial charge < -0.3 is 9.47 Å². The zero-order chi connectivity index (χ0) is 20.6. The van der Waals surface area contributed by atoms with E-state index in [4.69, 9.17) is 26.2 Å². The Balaban J connectivity index is 1.84. The number of rotatable bonds is 1. The van der Waals surface area contributed by atoms with Gasteiger partial charge in [0.25, 0.3) is 0 Å². The largest absolute Gasteiger partial charge is 0.493 e. The lowest BCUT2D eigenvalue weighted by Crippen LogP contribution is -2.57. The smallest absolute Gasteiger partial charge is 0.221 e. The standard InChI is InChI=1S/C24H25ClN2O2/c1-14-10-11-19-16(12-14)24(5)20(13-28-19)23(3,4)29-22-21(24)15(2)26-27(22)18-9-7-6-8-17(18)25/h6-12,20H,13H2,1-5H3/t20-,24-/m1/s1. The van der Waals surface area contributed by atoms with E-state index < -0.39 is 5.60 Å². The molecule has 0 fully saturated rings. The van der Waals surface area contributed by atoms with Crippen molar-refractivity contribution in [1.82, 2.24) is 9.78 Å². The van der Waals surface area contributed by atoms with Gasteiger partial charge in [0.1, 0.15) is 11.4 Å². The van der Waals surface area contributed by atoms with Crippen LogP contribution in [0, 0.1) is 19.8 Å². The summed E-state index contributed by atoms with van der Waals surface area (Å²) in [6.45, 7) is 11.4. The average Bonchev–Trinajstić information content (AvgIpc) is 2.98. The lowest BCUT2D eigenvalue weighted by Gasteiger charge is -2.52. The van der Waals surface area contributed by atoms with Crippen molar-refractivity contribution in [2.75, 3.05) is 6.61 Å². The lowest BCUT2D eigenvalue weighted by atomic mass is 9.59. The summed E-state index contributed by atoms with van der Waals surface area (Å²) in [5.41, 5.74) is 4.61. The van der Waals surface area contributed by atoms with Crippen LogP contribution in [-0.4, -0.2) is 22.0 Å². The number of nitrogens with zero attached hydrogens (tertiary/aromatic N) is 2. The minimum Gasteiger partial charge on any atom is -0.493 e. The van der Waals surface area contributed by atoms with Crippen LogP contribution in [-0.2, 0) is 5.41 Å². The second kappa shape index (κ2) is 6.02. The van der Waals surface area contributed by atoms with Crippen LogP contribution in [0.5, 0.6) is 11.6 Å². The van der Waals surface area contributed by atoms with Crippen molar-refractivity contribution in [3.63, 3.8) is 0 Å². The van der Waals surface area contributed by atoms with Gasteiger partial charge in [0.2, 0.25) is 5.88 Å². The van der Waals surface area contributed by atoms with E-state index in [1.807, 2.05) is 28.9 Å². The highest BCUT2D eigenvalue weighted by Crippen LogP contribution is 2.57. The van der Waals surface area contributed by atoms with Crippen LogP contribution in [0.25, 0.3) is 5.69 Å². The predicted molar refractivity (Wildman–Crippen MR) is 115 cm³/mol. The second-order valence-electron chi connectivity index (χ2n) is 8.90. The molecule has 5 rings (SSSR count). The average molecular weight is 409 g/mol. The molecule has 0 aliphatic carbocycles. The number of aromatic nitrogens is 2. The van der Waals surface area contributed by atoms with Gasteiger partial charge in [-0.25, -0.2) is 0 Å². The van der Waals surface area contributed by atoms with Crippen molar-refractivity contribution in [1.29, 1.82) is 0 Å². The normalized spacial score (nSPS) is 24.0. The number of aryl methyl sites for hydroxylation is 2. The van der Waals surface area contributed by atoms with Gasteiger partial charge in [-0.2, -0.15) is 9.78 Å². The highest BCUT2D eigenvalue weighted by molar-refractivity contribution is 6.32. The number of halogens is 1. The van der Waals surface area contributed by atoms with Crippen molar-refractivity contribution in [3.8, 4) is 17.3 Å². The molecule has 3 aromatic rings. The van der Waals surface area contributed by atoms with Gasteiger partial charge in [-0.1, -0.05) is 48.4 Å². The van der Waals surface area contributed by atoms with E-state index in [2.05, 4.69) is 52.8 Å². The lowest BCUT2D eigenvalue weighted by molar-refractivity contribution is -0.0440. The topological polar surface area (TPSA) is 36.3 Å². The third kappa shape index (κ3) is 2.48. The third-order valence-electron chi connectivity index (χ3n) is 6.61. The fourth-order valence-corrected chi connectivity index (χ4v) is 5.43. The summed E-state index contributed by atoms with van der Waals surface area (Å²) in [6, 6.07) is 14.2. The molecule has 2 aromatic carbocycles. The number of para-hydroxylation sites is 1. The maximum absolute atomic E-state index is 6.62. The van der Waals surface area contributed by atoms with Gasteiger partial charge in [0, 0.05) is 22.5 Å². The summed E-state index contributed by atoms with van der Waals surface area (Å²) in [7, 11) is 0. The molecule has 150 valence electrons. The van der Waals surface area contributed by atoms with Crippen molar-refractivity contribution in [2.24, 2.45) is 5.92 Å². The van der Waals surface area contributed by atoms with E-state index in [1.165, 1.54) is 11.1 Å². The van der Waals surface area contributed by atoms with Crippen LogP contribution >= 0.6 is 11.6 Å². The number of benzene rings is 2. The van der Waals surface area contributed by atoms with Crippen LogP contribution in [0.1, 0.15) is 43.2 Å². The molecule has 3 heterocycles. The summed E-state index contributed by atoms with van der Waals surface area (Å²) in [5.74, 6) is 1.87. The van der Waals surface area contributed by atoms with Crippen LogP contribution in [0.15, 0.2) is 42.5 Å². The summed E-state index contributed by atoms with van der Waals surface area (Å²) in [6.07, 6.45) is 0. The van der Waals surface area contributed by atoms with E-state index in [0.717, 1.165) is 28.6 Å². The summed E-state index contributed by atoms with van der Waals surface area (Å²) >= 11 is 6.52. The molecule has 0 radical (unpaired) electrons. The maximum Gasteiger partial charge on any atom is 0.221 e. The van der Waals surface area contributed by atoms with Gasteiger partial charge in [-0.15, -0.1) is 0 Å². The molecule has 4 nitrogen and oxygen atoms in total. The van der Waals surface area contributed by atoms with Gasteiger partial charge in [0.05, 0.1) is 23.0 Å². The molecular formula is C24H25ClN2O2. The second-order valence-corrected chi connectivity index (χ2v) is 9.31. The Morgan fingerprint density at radius 1 is 1.10 bits per heavy atom. The fraction of sp³-hybridized carbons (Fsp3) is 0.375. The molecule has 2 atom stereocenters. The Bertz CT molecular complexity index is 1130. The number of hydrogen-bond acceptors (Lipinski definition) is 3. The van der Waals surface area contributed by atoms with Gasteiger partial charge >= 0.3 is 0 Å². The van der Waals surface area contributed by atoms with Crippen molar-refractivity contribution in [2.45, 2.75) is 45.6 Å². The molecule has 2 aliphatic rings. The fourth-order valence-electron chi connectivity index (χ4n) is 5.21. The molecule has 0 saturated carbocycles. The molecule has 0 N–H and O–H groups in total. The third-order valence-corrected chi connectivity index (χ3v) is 6.93. The van der Waals surface area contributed by atoms with E-state index >= 15 is 0 Å². The van der Waals surface area contributed by atoms with E-state index in [-0.39, 0.29) is 11.3 Å². The van der Waals surface area contributed by atoms with Crippen LogP contribution in [0.3, 0.4) is 0 Å². The first-order valence-corrected chi connectivity index (χ1v) is 10.4. The van der Waals surface area contributed by atoms with Crippen LogP contribution < -0.4 is 9.47 Å². The summed E-state index contributed by atoms with van der Waals surface area (Å²) < 4.78 is 14.7. The van der Waals surface area contributed by atoms with Gasteiger partial charge in [-0.3, -0.25) is 0 Å². The quantitative estimate of drug-likeness (QED) is 0.523. The number of fused-ring (bicyclic) bond motifs is 5. The highest BCUT2D eigenvalue weighted by Gasteiger charge is 2.57. The number of ether oxygens (including phenoxy) is 2. The van der Waals surface area contributed by atoms with Crippen molar-refractivity contribution < 1.29 is 9.47 Å². The SMILES string of the molecule is Cc1ccc2c(c1)[C@@]1(C)c3c(C)nn(-c4ccccc4Cl)c3OC(C)(C)[C@H]1CO2. The Labute approximate surface area is 176 Å². The Hall–Kier alpha value is -2.46. The van der Waals surface area contributed by atoms with E-state index in [9.17, 15) is 0 Å². The zero-order valence-electron chi connectivity index (χ0n) is 17.4. The maximum atomic E-state index is 6.62. The summed E-state index contributed by atoms with van der Waals surface area (Å²) in [4.78, 5) is 0. The first kappa shape index (κ1) is 18.6. The molecule has 1 aromatic heterocycles. The molecule has 0 amide bonds. The first-order valence-electron chi connectivity index (χ1n) is 10.0. The molecule has 0 unspecified atom stereocenters. The molecule has 5 heteroatoms. The minimum absolute atomic E-state index is 0.152. The van der Waals surface area contributed by atoms with Crippen molar-refractivity contribution in [3.05, 3.63) is 69.9 Å². The molecule has 0 spiro atoms. The Kier molecular flexibility index (Phi) is 3.85. The molecule has 29 heavy (non-hydrogen) atoms. The van der Waals surface area contributed by atoms with Crippen LogP contribution in [0.4, 0.5) is 0 Å². The van der Waals surface area contributed by atoms with E-state index in [1.54, 1.807) is 0 Å². The highest BCUT2D eigenvalue weighted by atomic mass is 35.5. The monoisotopic (exact) mass is 408 g/mol. The molecule has 0 bridgehead atoms. The van der Waals surface area contributed by atoms with Crippen molar-refractivity contribution >= 4 is 11.6 Å². The molecule has 0 saturated heterocycles.